The lowest BCUT2D eigenvalue weighted by Gasteiger charge is -2.31. The minimum Gasteiger partial charge on any atom is -0.467 e. The topological polar surface area (TPSA) is 59.4 Å². The van der Waals surface area contributed by atoms with Gasteiger partial charge in [-0.1, -0.05) is 12.6 Å². The van der Waals surface area contributed by atoms with Crippen molar-refractivity contribution in [2.45, 2.75) is 18.4 Å². The van der Waals surface area contributed by atoms with Crippen LogP contribution < -0.4 is 0 Å². The van der Waals surface area contributed by atoms with Crippen LogP contribution in [0.3, 0.4) is 0 Å². The number of hydrogen-bond acceptors (Lipinski definition) is 4. The second-order valence-corrected chi connectivity index (χ2v) is 3.85. The SMILES string of the molecule is C=C1CC[C@@](O)(C(=O)OC)c2cccnc21. The predicted octanol–water partition coefficient (Wildman–Crippen LogP) is 1.25. The summed E-state index contributed by atoms with van der Waals surface area (Å²) in [6.07, 6.45) is 2.44. The average molecular weight is 219 g/mol. The third-order valence-corrected chi connectivity index (χ3v) is 2.90. The summed E-state index contributed by atoms with van der Waals surface area (Å²) in [5, 5.41) is 10.4. The normalized spacial score (nSPS) is 23.8. The summed E-state index contributed by atoms with van der Waals surface area (Å²) in [7, 11) is 1.26. The Labute approximate surface area is 93.6 Å². The summed E-state index contributed by atoms with van der Waals surface area (Å²) in [5.74, 6) is -0.644. The van der Waals surface area contributed by atoms with Crippen molar-refractivity contribution in [2.75, 3.05) is 7.11 Å². The van der Waals surface area contributed by atoms with Gasteiger partial charge in [-0.3, -0.25) is 4.98 Å². The van der Waals surface area contributed by atoms with Gasteiger partial charge >= 0.3 is 5.97 Å². The van der Waals surface area contributed by atoms with E-state index in [1.807, 2.05) is 0 Å². The highest BCUT2D eigenvalue weighted by atomic mass is 16.5. The molecule has 1 aromatic heterocycles. The van der Waals surface area contributed by atoms with E-state index in [1.165, 1.54) is 7.11 Å². The molecule has 1 atom stereocenters. The fourth-order valence-electron chi connectivity index (χ4n) is 1.99. The van der Waals surface area contributed by atoms with E-state index in [-0.39, 0.29) is 6.42 Å². The molecule has 1 heterocycles. The second-order valence-electron chi connectivity index (χ2n) is 3.85. The molecule has 1 aliphatic rings. The molecule has 0 amide bonds. The van der Waals surface area contributed by atoms with Gasteiger partial charge < -0.3 is 9.84 Å². The number of pyridine rings is 1. The van der Waals surface area contributed by atoms with Crippen molar-refractivity contribution >= 4 is 11.5 Å². The highest BCUT2D eigenvalue weighted by Gasteiger charge is 2.44. The molecule has 0 aliphatic heterocycles. The first-order chi connectivity index (χ1) is 7.59. The Morgan fingerprint density at radius 2 is 2.44 bits per heavy atom. The zero-order valence-electron chi connectivity index (χ0n) is 9.06. The van der Waals surface area contributed by atoms with Crippen LogP contribution in [0.1, 0.15) is 24.1 Å². The van der Waals surface area contributed by atoms with Gasteiger partial charge in [-0.25, -0.2) is 4.79 Å². The van der Waals surface area contributed by atoms with Crippen LogP contribution in [0.5, 0.6) is 0 Å². The van der Waals surface area contributed by atoms with E-state index in [0.717, 1.165) is 5.57 Å². The number of nitrogens with zero attached hydrogens (tertiary/aromatic N) is 1. The van der Waals surface area contributed by atoms with Crippen LogP contribution in [0.25, 0.3) is 5.57 Å². The third kappa shape index (κ3) is 1.42. The lowest BCUT2D eigenvalue weighted by molar-refractivity contribution is -0.164. The molecule has 16 heavy (non-hydrogen) atoms. The van der Waals surface area contributed by atoms with Crippen LogP contribution >= 0.6 is 0 Å². The number of methoxy groups -OCH3 is 1. The predicted molar refractivity (Wildman–Crippen MR) is 58.4 cm³/mol. The zero-order valence-corrected chi connectivity index (χ0v) is 9.06. The van der Waals surface area contributed by atoms with Crippen molar-refractivity contribution in [3.8, 4) is 0 Å². The number of hydrogen-bond donors (Lipinski definition) is 1. The number of carbonyl (C=O) groups excluding carboxylic acids is 1. The zero-order chi connectivity index (χ0) is 11.8. The van der Waals surface area contributed by atoms with Gasteiger partial charge in [0.1, 0.15) is 0 Å². The van der Waals surface area contributed by atoms with Gasteiger partial charge in [0.25, 0.3) is 0 Å². The highest BCUT2D eigenvalue weighted by molar-refractivity contribution is 5.85. The first-order valence-corrected chi connectivity index (χ1v) is 5.04. The maximum atomic E-state index is 11.6. The maximum absolute atomic E-state index is 11.6. The summed E-state index contributed by atoms with van der Waals surface area (Å²) in [6, 6.07) is 3.37. The van der Waals surface area contributed by atoms with Crippen molar-refractivity contribution < 1.29 is 14.6 Å². The lowest BCUT2D eigenvalue weighted by Crippen LogP contribution is -2.39. The van der Waals surface area contributed by atoms with Crippen molar-refractivity contribution in [3.05, 3.63) is 36.2 Å². The van der Waals surface area contributed by atoms with E-state index in [0.29, 0.717) is 17.7 Å². The quantitative estimate of drug-likeness (QED) is 0.722. The minimum absolute atomic E-state index is 0.289. The largest absolute Gasteiger partial charge is 0.467 e. The summed E-state index contributed by atoms with van der Waals surface area (Å²) in [6.45, 7) is 3.88. The van der Waals surface area contributed by atoms with Gasteiger partial charge in [0.05, 0.1) is 12.8 Å². The van der Waals surface area contributed by atoms with Crippen molar-refractivity contribution in [3.63, 3.8) is 0 Å². The Morgan fingerprint density at radius 3 is 3.12 bits per heavy atom. The van der Waals surface area contributed by atoms with Crippen LogP contribution in [-0.4, -0.2) is 23.2 Å². The standard InChI is InChI=1S/C12H13NO3/c1-8-5-6-12(15,11(14)16-2)9-4-3-7-13-10(8)9/h3-4,7,15H,1,5-6H2,2H3/t12-/m0/s1. The summed E-state index contributed by atoms with van der Waals surface area (Å²) in [5.41, 5.74) is 0.337. The van der Waals surface area contributed by atoms with Gasteiger partial charge in [0, 0.05) is 11.8 Å². The summed E-state index contributed by atoms with van der Waals surface area (Å²) < 4.78 is 4.64. The molecule has 0 bridgehead atoms. The molecule has 0 spiro atoms. The van der Waals surface area contributed by atoms with Crippen LogP contribution in [0.4, 0.5) is 0 Å². The molecule has 1 aromatic rings. The lowest BCUT2D eigenvalue weighted by atomic mass is 9.79. The molecule has 0 radical (unpaired) electrons. The Morgan fingerprint density at radius 1 is 1.69 bits per heavy atom. The van der Waals surface area contributed by atoms with Crippen LogP contribution in [0, 0.1) is 0 Å². The number of aromatic nitrogens is 1. The maximum Gasteiger partial charge on any atom is 0.342 e. The first kappa shape index (κ1) is 10.8. The van der Waals surface area contributed by atoms with E-state index in [4.69, 9.17) is 0 Å². The number of ether oxygens (including phenoxy) is 1. The van der Waals surface area contributed by atoms with Gasteiger partial charge in [-0.15, -0.1) is 0 Å². The van der Waals surface area contributed by atoms with Crippen molar-refractivity contribution in [2.24, 2.45) is 0 Å². The fraction of sp³-hybridized carbons (Fsp3) is 0.333. The molecule has 84 valence electrons. The number of allylic oxidation sites excluding steroid dienone is 1. The molecule has 1 N–H and O–H groups in total. The first-order valence-electron chi connectivity index (χ1n) is 5.04. The second kappa shape index (κ2) is 3.72. The molecule has 0 saturated heterocycles. The smallest absolute Gasteiger partial charge is 0.342 e. The molecule has 0 fully saturated rings. The number of rotatable bonds is 1. The van der Waals surface area contributed by atoms with Gasteiger partial charge in [-0.05, 0) is 24.5 Å². The fourth-order valence-corrected chi connectivity index (χ4v) is 1.99. The van der Waals surface area contributed by atoms with E-state index in [1.54, 1.807) is 18.3 Å². The minimum atomic E-state index is -1.58. The number of carbonyl (C=O) groups is 1. The third-order valence-electron chi connectivity index (χ3n) is 2.90. The Balaban J connectivity index is 2.57. The van der Waals surface area contributed by atoms with Crippen LogP contribution in [0.2, 0.25) is 0 Å². The number of aliphatic hydroxyl groups is 1. The van der Waals surface area contributed by atoms with E-state index >= 15 is 0 Å². The van der Waals surface area contributed by atoms with E-state index in [9.17, 15) is 9.90 Å². The number of esters is 1. The Bertz CT molecular complexity index is 455. The monoisotopic (exact) mass is 219 g/mol. The molecule has 0 aromatic carbocycles. The van der Waals surface area contributed by atoms with Crippen LogP contribution in [-0.2, 0) is 15.1 Å². The highest BCUT2D eigenvalue weighted by Crippen LogP contribution is 2.39. The molecular formula is C12H13NO3. The molecular weight excluding hydrogens is 206 g/mol. The van der Waals surface area contributed by atoms with E-state index < -0.39 is 11.6 Å². The summed E-state index contributed by atoms with van der Waals surface area (Å²) >= 11 is 0. The van der Waals surface area contributed by atoms with Crippen molar-refractivity contribution in [1.82, 2.24) is 4.98 Å². The summed E-state index contributed by atoms with van der Waals surface area (Å²) in [4.78, 5) is 15.8. The Hall–Kier alpha value is -1.68. The van der Waals surface area contributed by atoms with Gasteiger partial charge in [0.2, 0.25) is 0 Å². The molecule has 0 unspecified atom stereocenters. The molecule has 2 rings (SSSR count). The molecule has 0 saturated carbocycles. The van der Waals surface area contributed by atoms with Gasteiger partial charge in [-0.2, -0.15) is 0 Å². The number of fused-ring (bicyclic) bond motifs is 1. The molecule has 4 nitrogen and oxygen atoms in total. The Kier molecular flexibility index (Phi) is 2.52. The molecule has 4 heteroatoms. The average Bonchev–Trinajstić information content (AvgIpc) is 2.33. The van der Waals surface area contributed by atoms with E-state index in [2.05, 4.69) is 16.3 Å². The van der Waals surface area contributed by atoms with Crippen LogP contribution in [0.15, 0.2) is 24.9 Å². The molecule has 1 aliphatic carbocycles. The van der Waals surface area contributed by atoms with Gasteiger partial charge in [0.15, 0.2) is 5.60 Å². The van der Waals surface area contributed by atoms with Crippen molar-refractivity contribution in [1.29, 1.82) is 0 Å².